The van der Waals surface area contributed by atoms with E-state index < -0.39 is 0 Å². The van der Waals surface area contributed by atoms with Gasteiger partial charge in [-0.1, -0.05) is 28.9 Å². The maximum absolute atomic E-state index is 6.05. The van der Waals surface area contributed by atoms with Gasteiger partial charge in [-0.15, -0.1) is 0 Å². The van der Waals surface area contributed by atoms with E-state index in [1.807, 2.05) is 24.3 Å². The van der Waals surface area contributed by atoms with Crippen molar-refractivity contribution >= 4 is 17.3 Å². The van der Waals surface area contributed by atoms with Crippen molar-refractivity contribution in [2.45, 2.75) is 6.42 Å². The molecule has 5 nitrogen and oxygen atoms in total. The number of anilines is 1. The SMILES string of the molecule is Nc1ccc(Cc2nc(-c3ncccc3Cl)no2)cc1. The van der Waals surface area contributed by atoms with E-state index >= 15 is 0 Å². The average molecular weight is 287 g/mol. The fourth-order valence-corrected chi connectivity index (χ4v) is 1.99. The molecule has 0 aliphatic rings. The van der Waals surface area contributed by atoms with Crippen LogP contribution >= 0.6 is 11.6 Å². The molecule has 0 saturated carbocycles. The van der Waals surface area contributed by atoms with E-state index in [0.29, 0.717) is 28.9 Å². The number of nitrogens with zero attached hydrogens (tertiary/aromatic N) is 3. The predicted octanol–water partition coefficient (Wildman–Crippen LogP) is 2.96. The Bertz CT molecular complexity index is 724. The van der Waals surface area contributed by atoms with Crippen LogP contribution in [0.15, 0.2) is 47.1 Å². The number of nitrogens with two attached hydrogens (primary N) is 1. The maximum atomic E-state index is 6.05. The van der Waals surface area contributed by atoms with Gasteiger partial charge in [-0.3, -0.25) is 4.98 Å². The number of nitrogen functional groups attached to an aromatic ring is 1. The maximum Gasteiger partial charge on any atom is 0.231 e. The summed E-state index contributed by atoms with van der Waals surface area (Å²) in [6.07, 6.45) is 2.18. The molecule has 0 atom stereocenters. The zero-order valence-corrected chi connectivity index (χ0v) is 11.2. The highest BCUT2D eigenvalue weighted by molar-refractivity contribution is 6.32. The van der Waals surface area contributed by atoms with Crippen LogP contribution in [0.4, 0.5) is 5.69 Å². The first kappa shape index (κ1) is 12.6. The Kier molecular flexibility index (Phi) is 3.35. The molecule has 0 fully saturated rings. The van der Waals surface area contributed by atoms with Gasteiger partial charge >= 0.3 is 0 Å². The zero-order valence-electron chi connectivity index (χ0n) is 10.5. The van der Waals surface area contributed by atoms with Crippen LogP contribution in [-0.2, 0) is 6.42 Å². The summed E-state index contributed by atoms with van der Waals surface area (Å²) in [4.78, 5) is 8.45. The van der Waals surface area contributed by atoms with Crippen molar-refractivity contribution in [3.05, 3.63) is 59.1 Å². The largest absolute Gasteiger partial charge is 0.399 e. The highest BCUT2D eigenvalue weighted by Gasteiger charge is 2.13. The molecule has 0 aliphatic heterocycles. The minimum Gasteiger partial charge on any atom is -0.399 e. The summed E-state index contributed by atoms with van der Waals surface area (Å²) in [5.41, 5.74) is 7.92. The van der Waals surface area contributed by atoms with Gasteiger partial charge in [0.05, 0.1) is 11.4 Å². The molecule has 0 radical (unpaired) electrons. The van der Waals surface area contributed by atoms with E-state index in [-0.39, 0.29) is 0 Å². The summed E-state index contributed by atoms with van der Waals surface area (Å²) in [6, 6.07) is 11.0. The summed E-state index contributed by atoms with van der Waals surface area (Å²) < 4.78 is 5.22. The third-order valence-electron chi connectivity index (χ3n) is 2.77. The number of pyridine rings is 1. The van der Waals surface area contributed by atoms with Crippen molar-refractivity contribution in [3.8, 4) is 11.5 Å². The van der Waals surface area contributed by atoms with Crippen LogP contribution in [0.3, 0.4) is 0 Å². The number of rotatable bonds is 3. The van der Waals surface area contributed by atoms with Gasteiger partial charge in [0.25, 0.3) is 0 Å². The van der Waals surface area contributed by atoms with E-state index in [1.165, 1.54) is 0 Å². The highest BCUT2D eigenvalue weighted by atomic mass is 35.5. The van der Waals surface area contributed by atoms with Crippen molar-refractivity contribution in [3.63, 3.8) is 0 Å². The number of halogens is 1. The van der Waals surface area contributed by atoms with Crippen molar-refractivity contribution in [1.82, 2.24) is 15.1 Å². The second-order valence-electron chi connectivity index (χ2n) is 4.26. The van der Waals surface area contributed by atoms with Gasteiger partial charge < -0.3 is 10.3 Å². The van der Waals surface area contributed by atoms with Crippen LogP contribution in [0.2, 0.25) is 5.02 Å². The minimum atomic E-state index is 0.390. The Labute approximate surface area is 120 Å². The standard InChI is InChI=1S/C14H11ClN4O/c15-11-2-1-7-17-13(11)14-18-12(20-19-14)8-9-3-5-10(16)6-4-9/h1-7H,8,16H2. The molecule has 3 aromatic rings. The summed E-state index contributed by atoms with van der Waals surface area (Å²) in [7, 11) is 0. The van der Waals surface area contributed by atoms with E-state index in [0.717, 1.165) is 11.3 Å². The smallest absolute Gasteiger partial charge is 0.231 e. The second-order valence-corrected chi connectivity index (χ2v) is 4.67. The van der Waals surface area contributed by atoms with E-state index in [2.05, 4.69) is 15.1 Å². The van der Waals surface area contributed by atoms with E-state index in [4.69, 9.17) is 21.9 Å². The molecule has 2 aromatic heterocycles. The van der Waals surface area contributed by atoms with Crippen molar-refractivity contribution in [2.24, 2.45) is 0 Å². The van der Waals surface area contributed by atoms with Crippen molar-refractivity contribution in [2.75, 3.05) is 5.73 Å². The third kappa shape index (κ3) is 2.62. The van der Waals surface area contributed by atoms with E-state index in [9.17, 15) is 0 Å². The average Bonchev–Trinajstić information content (AvgIpc) is 2.90. The van der Waals surface area contributed by atoms with Crippen LogP contribution in [0.5, 0.6) is 0 Å². The summed E-state index contributed by atoms with van der Waals surface area (Å²) in [5.74, 6) is 0.896. The van der Waals surface area contributed by atoms with Crippen molar-refractivity contribution < 1.29 is 4.52 Å². The number of aromatic nitrogens is 3. The highest BCUT2D eigenvalue weighted by Crippen LogP contribution is 2.22. The summed E-state index contributed by atoms with van der Waals surface area (Å²) in [6.45, 7) is 0. The molecule has 0 spiro atoms. The molecule has 1 aromatic carbocycles. The number of hydrogen-bond acceptors (Lipinski definition) is 5. The monoisotopic (exact) mass is 286 g/mol. The Balaban J connectivity index is 1.84. The molecule has 3 rings (SSSR count). The lowest BCUT2D eigenvalue weighted by Gasteiger charge is -1.97. The van der Waals surface area contributed by atoms with Gasteiger partial charge in [-0.25, -0.2) is 0 Å². The molecule has 2 heterocycles. The second kappa shape index (κ2) is 5.30. The predicted molar refractivity (Wildman–Crippen MR) is 76.2 cm³/mol. The van der Waals surface area contributed by atoms with Gasteiger partial charge in [0.2, 0.25) is 11.7 Å². The Morgan fingerprint density at radius 1 is 1.15 bits per heavy atom. The Hall–Kier alpha value is -2.40. The first-order chi connectivity index (χ1) is 9.72. The lowest BCUT2D eigenvalue weighted by Crippen LogP contribution is -1.91. The van der Waals surface area contributed by atoms with Crippen LogP contribution < -0.4 is 5.73 Å². The fourth-order valence-electron chi connectivity index (χ4n) is 1.78. The van der Waals surface area contributed by atoms with E-state index in [1.54, 1.807) is 18.3 Å². The van der Waals surface area contributed by atoms with Gasteiger partial charge in [0.15, 0.2) is 0 Å². The molecule has 20 heavy (non-hydrogen) atoms. The topological polar surface area (TPSA) is 77.8 Å². The van der Waals surface area contributed by atoms with Gasteiger partial charge in [0, 0.05) is 11.9 Å². The Morgan fingerprint density at radius 3 is 2.70 bits per heavy atom. The molecule has 0 aliphatic carbocycles. The lowest BCUT2D eigenvalue weighted by atomic mass is 10.1. The van der Waals surface area contributed by atoms with Gasteiger partial charge in [-0.05, 0) is 29.8 Å². The Morgan fingerprint density at radius 2 is 1.95 bits per heavy atom. The van der Waals surface area contributed by atoms with Crippen molar-refractivity contribution in [1.29, 1.82) is 0 Å². The molecule has 0 bridgehead atoms. The van der Waals surface area contributed by atoms with Crippen LogP contribution in [0, 0.1) is 0 Å². The van der Waals surface area contributed by atoms with Crippen LogP contribution in [0.25, 0.3) is 11.5 Å². The normalized spacial score (nSPS) is 10.7. The molecule has 6 heteroatoms. The summed E-state index contributed by atoms with van der Waals surface area (Å²) in [5, 5.41) is 4.40. The first-order valence-corrected chi connectivity index (χ1v) is 6.38. The molecule has 100 valence electrons. The van der Waals surface area contributed by atoms with Gasteiger partial charge in [0.1, 0.15) is 5.69 Å². The zero-order chi connectivity index (χ0) is 13.9. The van der Waals surface area contributed by atoms with Crippen LogP contribution in [-0.4, -0.2) is 15.1 Å². The quantitative estimate of drug-likeness (QED) is 0.749. The first-order valence-electron chi connectivity index (χ1n) is 6.00. The molecular weight excluding hydrogens is 276 g/mol. The molecule has 0 amide bonds. The fraction of sp³-hybridized carbons (Fsp3) is 0.0714. The molecule has 0 saturated heterocycles. The molecular formula is C14H11ClN4O. The molecule has 0 unspecified atom stereocenters. The third-order valence-corrected chi connectivity index (χ3v) is 3.08. The summed E-state index contributed by atoms with van der Waals surface area (Å²) >= 11 is 6.05. The minimum absolute atomic E-state index is 0.390. The number of benzene rings is 1. The van der Waals surface area contributed by atoms with Gasteiger partial charge in [-0.2, -0.15) is 4.98 Å². The lowest BCUT2D eigenvalue weighted by molar-refractivity contribution is 0.385. The molecule has 2 N–H and O–H groups in total. The number of hydrogen-bond donors (Lipinski definition) is 1. The van der Waals surface area contributed by atoms with Crippen LogP contribution in [0.1, 0.15) is 11.5 Å².